The van der Waals surface area contributed by atoms with E-state index in [2.05, 4.69) is 15.1 Å². The van der Waals surface area contributed by atoms with Crippen LogP contribution in [0.25, 0.3) is 5.82 Å². The topological polar surface area (TPSA) is 80.9 Å². The first-order valence-electron chi connectivity index (χ1n) is 6.63. The highest BCUT2D eigenvalue weighted by Gasteiger charge is 2.24. The molecule has 112 valence electrons. The molecule has 0 aliphatic rings. The third-order valence-electron chi connectivity index (χ3n) is 2.89. The minimum Gasteiger partial charge on any atom is -0.478 e. The first kappa shape index (κ1) is 15.4. The number of hydrogen-bond donors (Lipinski definition) is 1. The molecule has 0 spiro atoms. The first-order valence-corrected chi connectivity index (χ1v) is 7.00. The van der Waals surface area contributed by atoms with Crippen LogP contribution in [0.2, 0.25) is 5.15 Å². The fourth-order valence-electron chi connectivity index (χ4n) is 2.14. The average molecular weight is 309 g/mol. The average Bonchev–Trinajstić information content (AvgIpc) is 2.63. The third kappa shape index (κ3) is 3.21. The number of nitrogens with zero attached hydrogens (tertiary/aromatic N) is 4. The molecule has 0 radical (unpaired) electrons. The van der Waals surface area contributed by atoms with E-state index < -0.39 is 5.97 Å². The quantitative estimate of drug-likeness (QED) is 0.939. The van der Waals surface area contributed by atoms with Gasteiger partial charge in [0.2, 0.25) is 0 Å². The lowest BCUT2D eigenvalue weighted by molar-refractivity contribution is 0.0695. The Bertz CT molecular complexity index is 674. The molecule has 0 amide bonds. The monoisotopic (exact) mass is 308 g/mol. The second kappa shape index (κ2) is 5.81. The van der Waals surface area contributed by atoms with E-state index in [-0.39, 0.29) is 16.6 Å². The van der Waals surface area contributed by atoms with Crippen LogP contribution in [-0.4, -0.2) is 30.8 Å². The Morgan fingerprint density at radius 1 is 1.38 bits per heavy atom. The third-order valence-corrected chi connectivity index (χ3v) is 3.24. The van der Waals surface area contributed by atoms with E-state index in [1.165, 1.54) is 4.68 Å². The molecule has 0 aliphatic heterocycles. The number of hydrogen-bond acceptors (Lipinski definition) is 4. The van der Waals surface area contributed by atoms with Crippen LogP contribution in [0.1, 0.15) is 41.4 Å². The number of carboxylic acids is 1. The minimum absolute atomic E-state index is 0.0410. The summed E-state index contributed by atoms with van der Waals surface area (Å²) in [4.78, 5) is 19.9. The van der Waals surface area contributed by atoms with Crippen LogP contribution in [-0.2, 0) is 6.42 Å². The van der Waals surface area contributed by atoms with Gasteiger partial charge >= 0.3 is 5.97 Å². The number of aryl methyl sites for hydroxylation is 2. The summed E-state index contributed by atoms with van der Waals surface area (Å²) in [7, 11) is 0. The molecule has 0 saturated heterocycles. The number of aromatic nitrogens is 4. The zero-order valence-corrected chi connectivity index (χ0v) is 13.1. The maximum Gasteiger partial charge on any atom is 0.340 e. The normalized spacial score (nSPS) is 11.1. The molecule has 2 heterocycles. The van der Waals surface area contributed by atoms with E-state index >= 15 is 0 Å². The van der Waals surface area contributed by atoms with Crippen molar-refractivity contribution in [3.8, 4) is 5.82 Å². The largest absolute Gasteiger partial charge is 0.478 e. The van der Waals surface area contributed by atoms with E-state index in [0.29, 0.717) is 23.8 Å². The van der Waals surface area contributed by atoms with Gasteiger partial charge in [-0.1, -0.05) is 25.4 Å². The van der Waals surface area contributed by atoms with Crippen molar-refractivity contribution in [3.05, 3.63) is 34.0 Å². The van der Waals surface area contributed by atoms with Gasteiger partial charge in [-0.25, -0.2) is 19.4 Å². The van der Waals surface area contributed by atoms with E-state index in [9.17, 15) is 9.90 Å². The Morgan fingerprint density at radius 2 is 2.05 bits per heavy atom. The van der Waals surface area contributed by atoms with Gasteiger partial charge in [0.25, 0.3) is 0 Å². The van der Waals surface area contributed by atoms with Crippen molar-refractivity contribution in [3.63, 3.8) is 0 Å². The molecule has 6 nitrogen and oxygen atoms in total. The zero-order valence-electron chi connectivity index (χ0n) is 12.4. The van der Waals surface area contributed by atoms with Crippen molar-refractivity contribution in [1.29, 1.82) is 0 Å². The summed E-state index contributed by atoms with van der Waals surface area (Å²) in [6, 6.07) is 1.72. The SMILES string of the molecule is Cc1cc(-n2nc(CC(C)C)c(C(=O)O)c2Cl)nc(C)n1. The van der Waals surface area contributed by atoms with Gasteiger partial charge in [0.1, 0.15) is 16.5 Å². The molecule has 0 aliphatic carbocycles. The number of carboxylic acid groups (broad SMARTS) is 1. The lowest BCUT2D eigenvalue weighted by Gasteiger charge is -2.04. The maximum atomic E-state index is 11.4. The Morgan fingerprint density at radius 3 is 2.57 bits per heavy atom. The molecule has 0 bridgehead atoms. The van der Waals surface area contributed by atoms with Gasteiger partial charge in [0.15, 0.2) is 5.82 Å². The van der Waals surface area contributed by atoms with Gasteiger partial charge < -0.3 is 5.11 Å². The Hall–Kier alpha value is -1.95. The van der Waals surface area contributed by atoms with Crippen molar-refractivity contribution in [2.75, 3.05) is 0 Å². The summed E-state index contributed by atoms with van der Waals surface area (Å²) in [5.41, 5.74) is 1.28. The van der Waals surface area contributed by atoms with Crippen molar-refractivity contribution >= 4 is 17.6 Å². The van der Waals surface area contributed by atoms with Crippen LogP contribution >= 0.6 is 11.6 Å². The van der Waals surface area contributed by atoms with Gasteiger partial charge in [-0.2, -0.15) is 5.10 Å². The second-order valence-electron chi connectivity index (χ2n) is 5.34. The van der Waals surface area contributed by atoms with E-state index in [4.69, 9.17) is 11.6 Å². The standard InChI is InChI=1S/C14H17ClN4O2/c1-7(2)5-10-12(14(20)21)13(15)19(18-10)11-6-8(3)16-9(4)17-11/h6-7H,5H2,1-4H3,(H,20,21). The van der Waals surface area contributed by atoms with Crippen LogP contribution < -0.4 is 0 Å². The Kier molecular flexibility index (Phi) is 4.27. The lowest BCUT2D eigenvalue weighted by Crippen LogP contribution is -2.04. The summed E-state index contributed by atoms with van der Waals surface area (Å²) in [6.07, 6.45) is 0.539. The highest BCUT2D eigenvalue weighted by molar-refractivity contribution is 6.32. The van der Waals surface area contributed by atoms with Gasteiger partial charge in [-0.05, 0) is 26.2 Å². The summed E-state index contributed by atoms with van der Waals surface area (Å²) in [5, 5.41) is 13.8. The van der Waals surface area contributed by atoms with E-state index in [0.717, 1.165) is 5.69 Å². The first-order chi connectivity index (χ1) is 9.79. The zero-order chi connectivity index (χ0) is 15.7. The molecule has 1 N–H and O–H groups in total. The summed E-state index contributed by atoms with van der Waals surface area (Å²) >= 11 is 6.21. The molecule has 0 fully saturated rings. The van der Waals surface area contributed by atoms with E-state index in [1.807, 2.05) is 20.8 Å². The summed E-state index contributed by atoms with van der Waals surface area (Å²) < 4.78 is 1.37. The van der Waals surface area contributed by atoms with Crippen LogP contribution in [0.4, 0.5) is 0 Å². The van der Waals surface area contributed by atoms with Gasteiger partial charge in [0.05, 0.1) is 5.69 Å². The molecule has 0 atom stereocenters. The van der Waals surface area contributed by atoms with Crippen LogP contribution in [0, 0.1) is 19.8 Å². The molecule has 0 unspecified atom stereocenters. The minimum atomic E-state index is -1.08. The number of halogens is 1. The maximum absolute atomic E-state index is 11.4. The van der Waals surface area contributed by atoms with Crippen LogP contribution in [0.5, 0.6) is 0 Å². The molecule has 0 saturated carbocycles. The Balaban J connectivity index is 2.61. The predicted octanol–water partition coefficient (Wildman–Crippen LogP) is 2.83. The predicted molar refractivity (Wildman–Crippen MR) is 79.1 cm³/mol. The summed E-state index contributed by atoms with van der Waals surface area (Å²) in [5.74, 6) is 0.252. The fraction of sp³-hybridized carbons (Fsp3) is 0.429. The fourth-order valence-corrected chi connectivity index (χ4v) is 2.45. The van der Waals surface area contributed by atoms with Crippen LogP contribution in [0.15, 0.2) is 6.07 Å². The molecule has 2 aromatic heterocycles. The molecular weight excluding hydrogens is 292 g/mol. The Labute approximate surface area is 127 Å². The molecule has 7 heteroatoms. The van der Waals surface area contributed by atoms with Crippen LogP contribution in [0.3, 0.4) is 0 Å². The number of aromatic carboxylic acids is 1. The van der Waals surface area contributed by atoms with Crippen molar-refractivity contribution in [1.82, 2.24) is 19.7 Å². The second-order valence-corrected chi connectivity index (χ2v) is 5.70. The van der Waals surface area contributed by atoms with Gasteiger partial charge in [0, 0.05) is 11.8 Å². The molecule has 0 aromatic carbocycles. The lowest BCUT2D eigenvalue weighted by atomic mass is 10.1. The smallest absolute Gasteiger partial charge is 0.340 e. The van der Waals surface area contributed by atoms with E-state index in [1.54, 1.807) is 13.0 Å². The highest BCUT2D eigenvalue weighted by Crippen LogP contribution is 2.25. The number of carbonyl (C=O) groups is 1. The molecule has 21 heavy (non-hydrogen) atoms. The van der Waals surface area contributed by atoms with Gasteiger partial charge in [-0.3, -0.25) is 0 Å². The highest BCUT2D eigenvalue weighted by atomic mass is 35.5. The van der Waals surface area contributed by atoms with Crippen molar-refractivity contribution in [2.24, 2.45) is 5.92 Å². The molecular formula is C14H17ClN4O2. The molecule has 2 aromatic rings. The van der Waals surface area contributed by atoms with Crippen molar-refractivity contribution in [2.45, 2.75) is 34.1 Å². The van der Waals surface area contributed by atoms with Crippen molar-refractivity contribution < 1.29 is 9.90 Å². The number of rotatable bonds is 4. The summed E-state index contributed by atoms with van der Waals surface area (Å²) in [6.45, 7) is 7.60. The van der Waals surface area contributed by atoms with Gasteiger partial charge in [-0.15, -0.1) is 0 Å². The molecule has 2 rings (SSSR count).